The summed E-state index contributed by atoms with van der Waals surface area (Å²) >= 11 is 0. The van der Waals surface area contributed by atoms with Gasteiger partial charge in [0.25, 0.3) is 0 Å². The predicted octanol–water partition coefficient (Wildman–Crippen LogP) is 2.57. The first kappa shape index (κ1) is 20.5. The highest BCUT2D eigenvalue weighted by molar-refractivity contribution is 5.86. The molecule has 7 heteroatoms. The normalized spacial score (nSPS) is 11.8. The van der Waals surface area contributed by atoms with Crippen molar-refractivity contribution in [2.75, 3.05) is 0 Å². The molecule has 138 valence electrons. The van der Waals surface area contributed by atoms with Crippen molar-refractivity contribution in [3.05, 3.63) is 35.9 Å². The second kappa shape index (κ2) is 10.3. The van der Waals surface area contributed by atoms with Crippen molar-refractivity contribution in [1.29, 1.82) is 0 Å². The zero-order valence-corrected chi connectivity index (χ0v) is 15.0. The quantitative estimate of drug-likeness (QED) is 0.572. The molecule has 0 aromatic heterocycles. The summed E-state index contributed by atoms with van der Waals surface area (Å²) in [6.45, 7) is 6.79. The number of carbonyl (C=O) groups is 3. The van der Waals surface area contributed by atoms with E-state index in [-0.39, 0.29) is 25.2 Å². The van der Waals surface area contributed by atoms with Crippen LogP contribution >= 0.6 is 0 Å². The molecule has 0 radical (unpaired) electrons. The highest BCUT2D eigenvalue weighted by Gasteiger charge is 2.27. The standard InChI is InChI=1S/C18H25NO6/c1-12(2)24-16(20)10-15(17(21)25-13(3)4)19-18(22)23-11-14-8-6-5-7-9-14/h5-9,12-13,15H,10-11H2,1-4H3,(H,19,22)/t15-/m0/s1. The average Bonchev–Trinajstić information content (AvgIpc) is 2.52. The number of amides is 1. The van der Waals surface area contributed by atoms with Crippen molar-refractivity contribution in [1.82, 2.24) is 5.32 Å². The smallest absolute Gasteiger partial charge is 0.408 e. The summed E-state index contributed by atoms with van der Waals surface area (Å²) < 4.78 is 15.1. The second-order valence-corrected chi connectivity index (χ2v) is 5.99. The minimum Gasteiger partial charge on any atom is -0.463 e. The Hall–Kier alpha value is -2.57. The molecule has 25 heavy (non-hydrogen) atoms. The number of benzene rings is 1. The van der Waals surface area contributed by atoms with Gasteiger partial charge >= 0.3 is 18.0 Å². The van der Waals surface area contributed by atoms with Crippen LogP contribution in [-0.2, 0) is 30.4 Å². The topological polar surface area (TPSA) is 90.9 Å². The summed E-state index contributed by atoms with van der Waals surface area (Å²) in [6.07, 6.45) is -1.84. The maximum absolute atomic E-state index is 12.1. The number of esters is 2. The van der Waals surface area contributed by atoms with Crippen molar-refractivity contribution in [3.8, 4) is 0 Å². The molecule has 0 aliphatic carbocycles. The van der Waals surface area contributed by atoms with Gasteiger partial charge in [-0.3, -0.25) is 4.79 Å². The molecule has 0 spiro atoms. The van der Waals surface area contributed by atoms with E-state index in [1.165, 1.54) is 0 Å². The van der Waals surface area contributed by atoms with Gasteiger partial charge in [0.2, 0.25) is 0 Å². The minimum absolute atomic E-state index is 0.0507. The number of nitrogens with one attached hydrogen (secondary N) is 1. The third-order valence-electron chi connectivity index (χ3n) is 2.88. The van der Waals surface area contributed by atoms with E-state index in [9.17, 15) is 14.4 Å². The van der Waals surface area contributed by atoms with E-state index in [0.29, 0.717) is 0 Å². The highest BCUT2D eigenvalue weighted by atomic mass is 16.6. The lowest BCUT2D eigenvalue weighted by atomic mass is 10.2. The maximum atomic E-state index is 12.1. The Morgan fingerprint density at radius 1 is 0.960 bits per heavy atom. The van der Waals surface area contributed by atoms with Crippen LogP contribution in [0.1, 0.15) is 39.7 Å². The molecular formula is C18H25NO6. The van der Waals surface area contributed by atoms with Crippen LogP contribution in [0.25, 0.3) is 0 Å². The van der Waals surface area contributed by atoms with E-state index < -0.39 is 24.1 Å². The van der Waals surface area contributed by atoms with Gasteiger partial charge in [0.05, 0.1) is 18.6 Å². The molecule has 0 aliphatic heterocycles. The molecule has 1 amide bonds. The third-order valence-corrected chi connectivity index (χ3v) is 2.88. The van der Waals surface area contributed by atoms with E-state index >= 15 is 0 Å². The Morgan fingerprint density at radius 2 is 1.56 bits per heavy atom. The Kier molecular flexibility index (Phi) is 8.46. The van der Waals surface area contributed by atoms with Gasteiger partial charge < -0.3 is 19.5 Å². The van der Waals surface area contributed by atoms with Crippen LogP contribution in [0.5, 0.6) is 0 Å². The van der Waals surface area contributed by atoms with Crippen LogP contribution in [0, 0.1) is 0 Å². The highest BCUT2D eigenvalue weighted by Crippen LogP contribution is 2.05. The van der Waals surface area contributed by atoms with E-state index in [0.717, 1.165) is 5.56 Å². The maximum Gasteiger partial charge on any atom is 0.408 e. The van der Waals surface area contributed by atoms with E-state index in [1.54, 1.807) is 39.8 Å². The summed E-state index contributed by atoms with van der Waals surface area (Å²) in [5, 5.41) is 2.36. The van der Waals surface area contributed by atoms with Gasteiger partial charge in [-0.05, 0) is 33.3 Å². The van der Waals surface area contributed by atoms with Gasteiger partial charge in [-0.25, -0.2) is 9.59 Å². The van der Waals surface area contributed by atoms with Crippen LogP contribution in [0.2, 0.25) is 0 Å². The molecule has 0 saturated heterocycles. The molecule has 0 saturated carbocycles. The Morgan fingerprint density at radius 3 is 2.12 bits per heavy atom. The fraction of sp³-hybridized carbons (Fsp3) is 0.500. The molecule has 1 atom stereocenters. The number of alkyl carbamates (subject to hydrolysis) is 1. The second-order valence-electron chi connectivity index (χ2n) is 5.99. The lowest BCUT2D eigenvalue weighted by Gasteiger charge is -2.19. The first-order valence-corrected chi connectivity index (χ1v) is 8.15. The van der Waals surface area contributed by atoms with Crippen molar-refractivity contribution in [2.24, 2.45) is 0 Å². The Balaban J connectivity index is 2.62. The van der Waals surface area contributed by atoms with Gasteiger partial charge in [0.1, 0.15) is 12.6 Å². The molecule has 1 aromatic carbocycles. The molecule has 0 unspecified atom stereocenters. The number of rotatable bonds is 8. The van der Waals surface area contributed by atoms with Crippen molar-refractivity contribution >= 4 is 18.0 Å². The van der Waals surface area contributed by atoms with Crippen molar-refractivity contribution in [3.63, 3.8) is 0 Å². The molecule has 1 aromatic rings. The zero-order valence-electron chi connectivity index (χ0n) is 15.0. The third kappa shape index (κ3) is 8.74. The fourth-order valence-electron chi connectivity index (χ4n) is 1.89. The van der Waals surface area contributed by atoms with E-state index in [1.807, 2.05) is 18.2 Å². The Labute approximate surface area is 147 Å². The number of carbonyl (C=O) groups excluding carboxylic acids is 3. The SMILES string of the molecule is CC(C)OC(=O)C[C@H](NC(=O)OCc1ccccc1)C(=O)OC(C)C. The molecule has 1 N–H and O–H groups in total. The van der Waals surface area contributed by atoms with Gasteiger partial charge in [-0.2, -0.15) is 0 Å². The van der Waals surface area contributed by atoms with Crippen LogP contribution < -0.4 is 5.32 Å². The Bertz CT molecular complexity index is 570. The van der Waals surface area contributed by atoms with Crippen LogP contribution in [0.3, 0.4) is 0 Å². The summed E-state index contributed by atoms with van der Waals surface area (Å²) in [5.41, 5.74) is 0.804. The average molecular weight is 351 g/mol. The van der Waals surface area contributed by atoms with Crippen LogP contribution in [0.15, 0.2) is 30.3 Å². The lowest BCUT2D eigenvalue weighted by molar-refractivity contribution is -0.156. The molecule has 0 bridgehead atoms. The predicted molar refractivity (Wildman–Crippen MR) is 90.6 cm³/mol. The van der Waals surface area contributed by atoms with Gasteiger partial charge in [0, 0.05) is 0 Å². The van der Waals surface area contributed by atoms with Gasteiger partial charge in [-0.15, -0.1) is 0 Å². The lowest BCUT2D eigenvalue weighted by Crippen LogP contribution is -2.44. The first-order chi connectivity index (χ1) is 11.8. The van der Waals surface area contributed by atoms with Crippen LogP contribution in [-0.4, -0.2) is 36.3 Å². The number of hydrogen-bond donors (Lipinski definition) is 1. The van der Waals surface area contributed by atoms with Crippen LogP contribution in [0.4, 0.5) is 4.79 Å². The number of ether oxygens (including phenoxy) is 3. The summed E-state index contributed by atoms with van der Waals surface area (Å²) in [4.78, 5) is 35.8. The zero-order chi connectivity index (χ0) is 18.8. The molecule has 0 fully saturated rings. The van der Waals surface area contributed by atoms with Gasteiger partial charge in [-0.1, -0.05) is 30.3 Å². The summed E-state index contributed by atoms with van der Waals surface area (Å²) in [7, 11) is 0. The summed E-state index contributed by atoms with van der Waals surface area (Å²) in [6, 6.07) is 7.93. The first-order valence-electron chi connectivity index (χ1n) is 8.15. The van der Waals surface area contributed by atoms with Gasteiger partial charge in [0.15, 0.2) is 0 Å². The minimum atomic E-state index is -1.17. The molecule has 0 heterocycles. The molecule has 7 nitrogen and oxygen atoms in total. The largest absolute Gasteiger partial charge is 0.463 e. The van der Waals surface area contributed by atoms with Crippen molar-refractivity contribution < 1.29 is 28.6 Å². The molecular weight excluding hydrogens is 326 g/mol. The monoisotopic (exact) mass is 351 g/mol. The van der Waals surface area contributed by atoms with Crippen molar-refractivity contribution in [2.45, 2.75) is 59.0 Å². The number of hydrogen-bond acceptors (Lipinski definition) is 6. The molecule has 0 aliphatic rings. The fourth-order valence-corrected chi connectivity index (χ4v) is 1.89. The van der Waals surface area contributed by atoms with E-state index in [4.69, 9.17) is 14.2 Å². The molecule has 1 rings (SSSR count). The van der Waals surface area contributed by atoms with E-state index in [2.05, 4.69) is 5.32 Å². The summed E-state index contributed by atoms with van der Waals surface area (Å²) in [5.74, 6) is -1.32.